The summed E-state index contributed by atoms with van der Waals surface area (Å²) < 4.78 is 18.1. The van der Waals surface area contributed by atoms with E-state index in [0.717, 1.165) is 43.2 Å². The van der Waals surface area contributed by atoms with Crippen molar-refractivity contribution in [2.45, 2.75) is 18.6 Å². The highest BCUT2D eigenvalue weighted by atomic mass is 16.6. The van der Waals surface area contributed by atoms with Crippen LogP contribution in [0, 0.1) is 0 Å². The van der Waals surface area contributed by atoms with Gasteiger partial charge in [-0.1, -0.05) is 42.5 Å². The molecule has 0 saturated carbocycles. The van der Waals surface area contributed by atoms with Crippen molar-refractivity contribution in [1.29, 1.82) is 0 Å². The van der Waals surface area contributed by atoms with Gasteiger partial charge in [0.2, 0.25) is 0 Å². The minimum atomic E-state index is -0.153. The van der Waals surface area contributed by atoms with Crippen molar-refractivity contribution in [3.63, 3.8) is 0 Å². The van der Waals surface area contributed by atoms with Crippen molar-refractivity contribution in [3.8, 4) is 11.5 Å². The Labute approximate surface area is 136 Å². The van der Waals surface area contributed by atoms with Crippen molar-refractivity contribution >= 4 is 0 Å². The Bertz CT molecular complexity index is 653. The Kier molecular flexibility index (Phi) is 4.18. The SMILES string of the molecule is c1ccc([C@H](Oc2cccc3c2OCC3)[C@@H]2CNCCO2)cc1. The average molecular weight is 311 g/mol. The van der Waals surface area contributed by atoms with E-state index in [9.17, 15) is 0 Å². The normalized spacial score (nSPS) is 21.3. The van der Waals surface area contributed by atoms with Gasteiger partial charge < -0.3 is 19.5 Å². The number of nitrogens with one attached hydrogen (secondary N) is 1. The van der Waals surface area contributed by atoms with E-state index in [0.29, 0.717) is 6.61 Å². The fourth-order valence-corrected chi connectivity index (χ4v) is 3.20. The second-order valence-corrected chi connectivity index (χ2v) is 5.91. The van der Waals surface area contributed by atoms with Gasteiger partial charge in [0, 0.05) is 25.1 Å². The number of hydrogen-bond acceptors (Lipinski definition) is 4. The lowest BCUT2D eigenvalue weighted by Gasteiger charge is -2.32. The van der Waals surface area contributed by atoms with E-state index in [1.807, 2.05) is 30.3 Å². The monoisotopic (exact) mass is 311 g/mol. The van der Waals surface area contributed by atoms with Crippen LogP contribution in [0.25, 0.3) is 0 Å². The number of benzene rings is 2. The standard InChI is InChI=1S/C19H21NO3/c1-2-5-14(6-3-1)19(17-13-20-10-12-21-17)23-16-8-4-7-15-9-11-22-18(15)16/h1-8,17,19-20H,9-13H2/t17-,19-/m0/s1. The van der Waals surface area contributed by atoms with Crippen LogP contribution in [0.5, 0.6) is 11.5 Å². The first-order valence-corrected chi connectivity index (χ1v) is 8.20. The highest BCUT2D eigenvalue weighted by molar-refractivity contribution is 5.49. The topological polar surface area (TPSA) is 39.7 Å². The van der Waals surface area contributed by atoms with Crippen LogP contribution < -0.4 is 14.8 Å². The summed E-state index contributed by atoms with van der Waals surface area (Å²) in [4.78, 5) is 0. The van der Waals surface area contributed by atoms with Gasteiger partial charge in [-0.25, -0.2) is 0 Å². The van der Waals surface area contributed by atoms with Crippen molar-refractivity contribution in [1.82, 2.24) is 5.32 Å². The maximum Gasteiger partial charge on any atom is 0.164 e. The van der Waals surface area contributed by atoms with Gasteiger partial charge >= 0.3 is 0 Å². The van der Waals surface area contributed by atoms with E-state index >= 15 is 0 Å². The third kappa shape index (κ3) is 3.05. The molecule has 2 aromatic carbocycles. The molecule has 0 amide bonds. The van der Waals surface area contributed by atoms with Crippen LogP contribution >= 0.6 is 0 Å². The molecule has 0 bridgehead atoms. The number of hydrogen-bond donors (Lipinski definition) is 1. The number of ether oxygens (including phenoxy) is 3. The van der Waals surface area contributed by atoms with Gasteiger partial charge in [0.1, 0.15) is 6.10 Å². The molecule has 4 rings (SSSR count). The maximum absolute atomic E-state index is 6.39. The summed E-state index contributed by atoms with van der Waals surface area (Å²) in [6.45, 7) is 3.12. The lowest BCUT2D eigenvalue weighted by molar-refractivity contribution is -0.0438. The average Bonchev–Trinajstić information content (AvgIpc) is 3.11. The highest BCUT2D eigenvalue weighted by Crippen LogP contribution is 2.38. The van der Waals surface area contributed by atoms with Crippen molar-refractivity contribution in [3.05, 3.63) is 59.7 Å². The Morgan fingerprint density at radius 1 is 1.04 bits per heavy atom. The molecule has 0 unspecified atom stereocenters. The molecule has 2 aliphatic heterocycles. The van der Waals surface area contributed by atoms with Gasteiger partial charge in [-0.05, 0) is 11.6 Å². The highest BCUT2D eigenvalue weighted by Gasteiger charge is 2.29. The first kappa shape index (κ1) is 14.5. The number of morpholine rings is 1. The van der Waals surface area contributed by atoms with Gasteiger partial charge in [-0.15, -0.1) is 0 Å². The van der Waals surface area contributed by atoms with E-state index < -0.39 is 0 Å². The Hall–Kier alpha value is -2.04. The summed E-state index contributed by atoms with van der Waals surface area (Å²) in [6.07, 6.45) is 0.785. The van der Waals surface area contributed by atoms with Gasteiger partial charge in [0.25, 0.3) is 0 Å². The molecule has 2 heterocycles. The largest absolute Gasteiger partial charge is 0.489 e. The van der Waals surface area contributed by atoms with E-state index in [4.69, 9.17) is 14.2 Å². The second-order valence-electron chi connectivity index (χ2n) is 5.91. The molecular formula is C19H21NO3. The minimum absolute atomic E-state index is 0.0107. The van der Waals surface area contributed by atoms with Crippen LogP contribution in [0.1, 0.15) is 17.2 Å². The van der Waals surface area contributed by atoms with Crippen LogP contribution in [0.4, 0.5) is 0 Å². The van der Waals surface area contributed by atoms with Crippen LogP contribution in [-0.4, -0.2) is 32.4 Å². The fraction of sp³-hybridized carbons (Fsp3) is 0.368. The summed E-state index contributed by atoms with van der Waals surface area (Å²) in [6, 6.07) is 16.4. The van der Waals surface area contributed by atoms with Crippen LogP contribution in [-0.2, 0) is 11.2 Å². The molecule has 23 heavy (non-hydrogen) atoms. The summed E-state index contributed by atoms with van der Waals surface area (Å²) in [5.41, 5.74) is 2.34. The van der Waals surface area contributed by atoms with Crippen molar-refractivity contribution in [2.24, 2.45) is 0 Å². The van der Waals surface area contributed by atoms with E-state index in [2.05, 4.69) is 23.5 Å². The molecular weight excluding hydrogens is 290 g/mol. The molecule has 1 N–H and O–H groups in total. The first-order valence-electron chi connectivity index (χ1n) is 8.20. The molecule has 2 atom stereocenters. The zero-order chi connectivity index (χ0) is 15.5. The smallest absolute Gasteiger partial charge is 0.164 e. The molecule has 0 aliphatic carbocycles. The van der Waals surface area contributed by atoms with Gasteiger partial charge in [0.05, 0.1) is 13.2 Å². The Morgan fingerprint density at radius 2 is 1.96 bits per heavy atom. The molecule has 2 aromatic rings. The third-order valence-electron chi connectivity index (χ3n) is 4.35. The zero-order valence-electron chi connectivity index (χ0n) is 13.0. The van der Waals surface area contributed by atoms with E-state index in [-0.39, 0.29) is 12.2 Å². The van der Waals surface area contributed by atoms with Crippen molar-refractivity contribution in [2.75, 3.05) is 26.3 Å². The molecule has 0 aromatic heterocycles. The van der Waals surface area contributed by atoms with E-state index in [1.54, 1.807) is 0 Å². The fourth-order valence-electron chi connectivity index (χ4n) is 3.20. The first-order chi connectivity index (χ1) is 11.4. The zero-order valence-corrected chi connectivity index (χ0v) is 13.0. The predicted molar refractivity (Wildman–Crippen MR) is 88.1 cm³/mol. The number of fused-ring (bicyclic) bond motifs is 1. The quantitative estimate of drug-likeness (QED) is 0.942. The summed E-state index contributed by atoms with van der Waals surface area (Å²) >= 11 is 0. The second kappa shape index (κ2) is 6.60. The molecule has 120 valence electrons. The lowest BCUT2D eigenvalue weighted by Crippen LogP contribution is -2.43. The summed E-state index contributed by atoms with van der Waals surface area (Å²) in [5, 5.41) is 3.39. The third-order valence-corrected chi connectivity index (χ3v) is 4.35. The predicted octanol–water partition coefficient (Wildman–Crippen LogP) is 2.73. The van der Waals surface area contributed by atoms with Gasteiger partial charge in [-0.2, -0.15) is 0 Å². The number of rotatable bonds is 4. The summed E-state index contributed by atoms with van der Waals surface area (Å²) in [5.74, 6) is 1.69. The van der Waals surface area contributed by atoms with Gasteiger partial charge in [0.15, 0.2) is 17.6 Å². The van der Waals surface area contributed by atoms with Gasteiger partial charge in [-0.3, -0.25) is 0 Å². The Balaban J connectivity index is 1.64. The molecule has 1 saturated heterocycles. The number of para-hydroxylation sites is 1. The molecule has 4 nitrogen and oxygen atoms in total. The molecule has 2 aliphatic rings. The summed E-state index contributed by atoms with van der Waals surface area (Å²) in [7, 11) is 0. The molecule has 1 fully saturated rings. The van der Waals surface area contributed by atoms with E-state index in [1.165, 1.54) is 5.56 Å². The van der Waals surface area contributed by atoms with Crippen molar-refractivity contribution < 1.29 is 14.2 Å². The minimum Gasteiger partial charge on any atom is -0.489 e. The molecule has 4 heteroatoms. The van der Waals surface area contributed by atoms with Crippen LogP contribution in [0.15, 0.2) is 48.5 Å². The van der Waals surface area contributed by atoms with Crippen LogP contribution in [0.2, 0.25) is 0 Å². The lowest BCUT2D eigenvalue weighted by atomic mass is 10.0. The Morgan fingerprint density at radius 3 is 2.78 bits per heavy atom. The van der Waals surface area contributed by atoms with Crippen LogP contribution in [0.3, 0.4) is 0 Å². The maximum atomic E-state index is 6.39. The molecule has 0 spiro atoms. The molecule has 0 radical (unpaired) electrons.